The third-order valence-corrected chi connectivity index (χ3v) is 3.46. The zero-order valence-corrected chi connectivity index (χ0v) is 13.3. The maximum Gasteiger partial charge on any atom is 0.223 e. The summed E-state index contributed by atoms with van der Waals surface area (Å²) in [7, 11) is 0. The Hall–Kier alpha value is -1.32. The van der Waals surface area contributed by atoms with Gasteiger partial charge in [-0.3, -0.25) is 4.79 Å². The molecule has 0 aliphatic carbocycles. The van der Waals surface area contributed by atoms with E-state index in [1.807, 2.05) is 4.90 Å². The van der Waals surface area contributed by atoms with Crippen molar-refractivity contribution in [3.05, 3.63) is 18.2 Å². The number of aromatic amines is 1. The molecule has 0 saturated heterocycles. The van der Waals surface area contributed by atoms with Crippen molar-refractivity contribution in [2.24, 2.45) is 0 Å². The molecule has 4 nitrogen and oxygen atoms in total. The van der Waals surface area contributed by atoms with E-state index in [9.17, 15) is 4.79 Å². The van der Waals surface area contributed by atoms with Crippen LogP contribution < -0.4 is 0 Å². The molecule has 113 valence electrons. The second kappa shape index (κ2) is 8.77. The Balaban J connectivity index is 2.12. The third kappa shape index (κ3) is 5.76. The highest BCUT2D eigenvalue weighted by atomic mass is 16.2. The van der Waals surface area contributed by atoms with E-state index in [1.165, 1.54) is 0 Å². The van der Waals surface area contributed by atoms with Crippen molar-refractivity contribution in [3.8, 4) is 0 Å². The van der Waals surface area contributed by atoms with Gasteiger partial charge in [0.15, 0.2) is 0 Å². The molecule has 0 aliphatic rings. The highest BCUT2D eigenvalue weighted by Gasteiger charge is 2.18. The number of aromatic nitrogens is 2. The predicted molar refractivity (Wildman–Crippen MR) is 81.3 cm³/mol. The number of nitrogens with one attached hydrogen (secondary N) is 1. The summed E-state index contributed by atoms with van der Waals surface area (Å²) in [4.78, 5) is 21.3. The highest BCUT2D eigenvalue weighted by Crippen LogP contribution is 2.12. The Morgan fingerprint density at radius 2 is 1.85 bits per heavy atom. The molecular formula is C16H28N3O. The standard InChI is InChI=1S/C16H28N3O/c1-13(2)19(14(3)4)16(20)10-8-6-5-7-9-15-17-11-12-18-15/h11,13-14H,5-10H2,1-4H3,(H,17,18). The number of imidazole rings is 1. The fourth-order valence-electron chi connectivity index (χ4n) is 2.61. The number of rotatable bonds is 9. The normalized spacial score (nSPS) is 11.3. The minimum atomic E-state index is 0.288. The van der Waals surface area contributed by atoms with E-state index in [0.29, 0.717) is 6.42 Å². The van der Waals surface area contributed by atoms with E-state index in [2.05, 4.69) is 43.9 Å². The van der Waals surface area contributed by atoms with Crippen molar-refractivity contribution in [2.75, 3.05) is 0 Å². The molecule has 0 aliphatic heterocycles. The van der Waals surface area contributed by atoms with Gasteiger partial charge in [-0.2, -0.15) is 0 Å². The van der Waals surface area contributed by atoms with Crippen LogP contribution in [0.15, 0.2) is 6.20 Å². The monoisotopic (exact) mass is 278 g/mol. The fourth-order valence-corrected chi connectivity index (χ4v) is 2.61. The van der Waals surface area contributed by atoms with Crippen molar-refractivity contribution in [1.29, 1.82) is 0 Å². The highest BCUT2D eigenvalue weighted by molar-refractivity contribution is 5.76. The number of hydrogen-bond donors (Lipinski definition) is 1. The van der Waals surface area contributed by atoms with Crippen LogP contribution in [0.3, 0.4) is 0 Å². The molecule has 1 aromatic heterocycles. The lowest BCUT2D eigenvalue weighted by Gasteiger charge is -2.30. The number of carbonyl (C=O) groups is 1. The largest absolute Gasteiger partial charge is 0.348 e. The van der Waals surface area contributed by atoms with Gasteiger partial charge in [0, 0.05) is 31.1 Å². The minimum absolute atomic E-state index is 0.288. The summed E-state index contributed by atoms with van der Waals surface area (Å²) in [6, 6.07) is 0.579. The Morgan fingerprint density at radius 3 is 2.40 bits per heavy atom. The van der Waals surface area contributed by atoms with Crippen LogP contribution in [0.4, 0.5) is 0 Å². The molecule has 0 spiro atoms. The van der Waals surface area contributed by atoms with Crippen molar-refractivity contribution in [1.82, 2.24) is 14.9 Å². The van der Waals surface area contributed by atoms with Crippen molar-refractivity contribution < 1.29 is 4.79 Å². The number of hydrogen-bond acceptors (Lipinski definition) is 2. The third-order valence-electron chi connectivity index (χ3n) is 3.46. The molecule has 0 unspecified atom stereocenters. The van der Waals surface area contributed by atoms with Crippen LogP contribution in [0.25, 0.3) is 0 Å². The second-order valence-electron chi connectivity index (χ2n) is 5.88. The Bertz CT molecular complexity index is 363. The maximum atomic E-state index is 12.2. The summed E-state index contributed by atoms with van der Waals surface area (Å²) in [6.45, 7) is 8.33. The van der Waals surface area contributed by atoms with Gasteiger partial charge in [0.2, 0.25) is 5.91 Å². The first-order valence-electron chi connectivity index (χ1n) is 7.74. The zero-order chi connectivity index (χ0) is 15.0. The molecule has 1 aromatic rings. The van der Waals surface area contributed by atoms with Crippen LogP contribution in [-0.4, -0.2) is 32.9 Å². The first kappa shape index (κ1) is 16.7. The molecule has 4 heteroatoms. The molecule has 0 atom stereocenters. The van der Waals surface area contributed by atoms with Gasteiger partial charge in [-0.05, 0) is 40.5 Å². The first-order valence-corrected chi connectivity index (χ1v) is 7.74. The van der Waals surface area contributed by atoms with Crippen molar-refractivity contribution in [3.63, 3.8) is 0 Å². The van der Waals surface area contributed by atoms with Crippen LogP contribution in [0, 0.1) is 6.20 Å². The molecule has 1 radical (unpaired) electrons. The summed E-state index contributed by atoms with van der Waals surface area (Å²) in [6.07, 6.45) is 10.5. The minimum Gasteiger partial charge on any atom is -0.348 e. The van der Waals surface area contributed by atoms with Crippen LogP contribution in [0.1, 0.15) is 65.6 Å². The number of amides is 1. The van der Waals surface area contributed by atoms with Gasteiger partial charge in [0.1, 0.15) is 12.0 Å². The summed E-state index contributed by atoms with van der Waals surface area (Å²) >= 11 is 0. The quantitative estimate of drug-likeness (QED) is 0.704. The number of carbonyl (C=O) groups excluding carboxylic acids is 1. The summed E-state index contributed by atoms with van der Waals surface area (Å²) in [5, 5.41) is 0. The molecule has 1 rings (SSSR count). The van der Waals surface area contributed by atoms with Crippen LogP contribution in [0.2, 0.25) is 0 Å². The number of H-pyrrole nitrogens is 1. The van der Waals surface area contributed by atoms with Gasteiger partial charge < -0.3 is 9.88 Å². The number of aryl methyl sites for hydroxylation is 1. The lowest BCUT2D eigenvalue weighted by Crippen LogP contribution is -2.41. The lowest BCUT2D eigenvalue weighted by atomic mass is 10.1. The number of nitrogens with zero attached hydrogens (tertiary/aromatic N) is 2. The Kier molecular flexibility index (Phi) is 7.34. The molecule has 1 N–H and O–H groups in total. The van der Waals surface area contributed by atoms with Crippen LogP contribution in [-0.2, 0) is 11.2 Å². The van der Waals surface area contributed by atoms with Crippen LogP contribution in [0.5, 0.6) is 0 Å². The van der Waals surface area contributed by atoms with Crippen molar-refractivity contribution >= 4 is 5.91 Å². The summed E-state index contributed by atoms with van der Waals surface area (Å²) < 4.78 is 0. The predicted octanol–water partition coefficient (Wildman–Crippen LogP) is 3.35. The molecule has 1 heterocycles. The Labute approximate surface area is 123 Å². The van der Waals surface area contributed by atoms with E-state index in [0.717, 1.165) is 37.9 Å². The van der Waals surface area contributed by atoms with Gasteiger partial charge in [-0.25, -0.2) is 4.98 Å². The van der Waals surface area contributed by atoms with E-state index in [1.54, 1.807) is 6.20 Å². The van der Waals surface area contributed by atoms with E-state index < -0.39 is 0 Å². The van der Waals surface area contributed by atoms with Crippen LogP contribution >= 0.6 is 0 Å². The fraction of sp³-hybridized carbons (Fsp3) is 0.750. The van der Waals surface area contributed by atoms with Gasteiger partial charge >= 0.3 is 0 Å². The maximum absolute atomic E-state index is 12.2. The molecule has 0 fully saturated rings. The lowest BCUT2D eigenvalue weighted by molar-refractivity contribution is -0.134. The summed E-state index contributed by atoms with van der Waals surface area (Å²) in [5.41, 5.74) is 0. The van der Waals surface area contributed by atoms with Gasteiger partial charge in [-0.15, -0.1) is 0 Å². The molecule has 0 bridgehead atoms. The van der Waals surface area contributed by atoms with Crippen molar-refractivity contribution in [2.45, 2.75) is 78.3 Å². The second-order valence-corrected chi connectivity index (χ2v) is 5.88. The van der Waals surface area contributed by atoms with E-state index in [4.69, 9.17) is 0 Å². The molecule has 0 aromatic carbocycles. The summed E-state index contributed by atoms with van der Waals surface area (Å²) in [5.74, 6) is 1.29. The number of unbranched alkanes of at least 4 members (excludes halogenated alkanes) is 3. The van der Waals surface area contributed by atoms with E-state index >= 15 is 0 Å². The average molecular weight is 278 g/mol. The topological polar surface area (TPSA) is 49.0 Å². The van der Waals surface area contributed by atoms with Gasteiger partial charge in [0.25, 0.3) is 0 Å². The van der Waals surface area contributed by atoms with Gasteiger partial charge in [-0.1, -0.05) is 12.8 Å². The first-order chi connectivity index (χ1) is 9.52. The van der Waals surface area contributed by atoms with Gasteiger partial charge in [0.05, 0.1) is 0 Å². The van der Waals surface area contributed by atoms with E-state index in [-0.39, 0.29) is 18.0 Å². The molecule has 1 amide bonds. The molecular weight excluding hydrogens is 250 g/mol. The smallest absolute Gasteiger partial charge is 0.223 e. The molecule has 20 heavy (non-hydrogen) atoms. The molecule has 0 saturated carbocycles. The average Bonchev–Trinajstić information content (AvgIpc) is 2.85. The Morgan fingerprint density at radius 1 is 1.20 bits per heavy atom. The SMILES string of the molecule is CC(C)N(C(=O)CCCCCCc1n[c]c[nH]1)C(C)C. The zero-order valence-electron chi connectivity index (χ0n) is 13.3.